The molecule has 0 unspecified atom stereocenters. The maximum atomic E-state index is 12.4. The molecule has 0 N–H and O–H groups in total. The molecule has 0 amide bonds. The predicted molar refractivity (Wildman–Crippen MR) is 72.2 cm³/mol. The van der Waals surface area contributed by atoms with Crippen LogP contribution in [0.2, 0.25) is 0 Å². The van der Waals surface area contributed by atoms with Crippen LogP contribution in [0.15, 0.2) is 48.5 Å². The number of Topliss-reactive ketones (excluding diaryl/α,β-unsaturated/α-hetero) is 1. The van der Waals surface area contributed by atoms with Crippen molar-refractivity contribution in [3.63, 3.8) is 0 Å². The Morgan fingerprint density at radius 1 is 1.05 bits per heavy atom. The van der Waals surface area contributed by atoms with Gasteiger partial charge in [-0.05, 0) is 36.8 Å². The Bertz CT molecular complexity index is 631. The summed E-state index contributed by atoms with van der Waals surface area (Å²) < 4.78 is 42.8. The first-order valence-electron chi connectivity index (χ1n) is 6.27. The van der Waals surface area contributed by atoms with Crippen molar-refractivity contribution in [1.82, 2.24) is 0 Å². The van der Waals surface area contributed by atoms with Gasteiger partial charge in [-0.25, -0.2) is 0 Å². The van der Waals surface area contributed by atoms with Crippen LogP contribution in [0, 0.1) is 0 Å². The summed E-state index contributed by atoms with van der Waals surface area (Å²) in [6, 6.07) is 11.5. The Morgan fingerprint density at radius 3 is 2.24 bits per heavy atom. The Labute approximate surface area is 120 Å². The lowest BCUT2D eigenvalue weighted by molar-refractivity contribution is -0.137. The average Bonchev–Trinajstić information content (AvgIpc) is 2.45. The second kappa shape index (κ2) is 5.99. The van der Waals surface area contributed by atoms with Crippen LogP contribution in [-0.2, 0) is 12.8 Å². The Kier molecular flexibility index (Phi) is 4.31. The van der Waals surface area contributed by atoms with Crippen LogP contribution in [0.3, 0.4) is 0 Å². The van der Waals surface area contributed by atoms with Gasteiger partial charge in [-0.3, -0.25) is 4.79 Å². The zero-order valence-electron chi connectivity index (χ0n) is 11.3. The summed E-state index contributed by atoms with van der Waals surface area (Å²) in [6.07, 6.45) is -4.35. The second-order valence-corrected chi connectivity index (χ2v) is 4.54. The maximum Gasteiger partial charge on any atom is 0.416 e. The molecule has 0 aromatic heterocycles. The lowest BCUT2D eigenvalue weighted by Crippen LogP contribution is -2.05. The highest BCUT2D eigenvalue weighted by atomic mass is 19.4. The fourth-order valence-electron chi connectivity index (χ4n) is 1.83. The van der Waals surface area contributed by atoms with Crippen LogP contribution in [0.25, 0.3) is 0 Å². The number of alkyl halides is 3. The van der Waals surface area contributed by atoms with Crippen molar-refractivity contribution in [2.45, 2.75) is 19.7 Å². The van der Waals surface area contributed by atoms with Gasteiger partial charge in [0.05, 0.1) is 11.1 Å². The van der Waals surface area contributed by atoms with Crippen molar-refractivity contribution in [3.05, 3.63) is 65.2 Å². The molecule has 21 heavy (non-hydrogen) atoms. The van der Waals surface area contributed by atoms with Gasteiger partial charge in [0.15, 0.2) is 5.78 Å². The van der Waals surface area contributed by atoms with Crippen LogP contribution in [0.1, 0.15) is 28.4 Å². The minimum Gasteiger partial charge on any atom is -0.488 e. The highest BCUT2D eigenvalue weighted by Crippen LogP contribution is 2.29. The number of benzene rings is 2. The van der Waals surface area contributed by atoms with Crippen molar-refractivity contribution < 1.29 is 22.7 Å². The molecule has 0 aliphatic carbocycles. The van der Waals surface area contributed by atoms with Gasteiger partial charge < -0.3 is 4.74 Å². The topological polar surface area (TPSA) is 26.3 Å². The molecule has 110 valence electrons. The van der Waals surface area contributed by atoms with Crippen molar-refractivity contribution in [3.8, 4) is 5.75 Å². The molecule has 0 bridgehead atoms. The zero-order valence-corrected chi connectivity index (χ0v) is 11.3. The van der Waals surface area contributed by atoms with Crippen LogP contribution < -0.4 is 4.74 Å². The smallest absolute Gasteiger partial charge is 0.416 e. The van der Waals surface area contributed by atoms with Crippen molar-refractivity contribution in [1.29, 1.82) is 0 Å². The predicted octanol–water partition coefficient (Wildman–Crippen LogP) is 4.49. The normalized spacial score (nSPS) is 11.2. The highest BCUT2D eigenvalue weighted by molar-refractivity contribution is 5.96. The minimum absolute atomic E-state index is 0.0996. The molecule has 0 saturated heterocycles. The lowest BCUT2D eigenvalue weighted by Gasteiger charge is -2.11. The molecule has 0 heterocycles. The molecule has 5 heteroatoms. The Balaban J connectivity index is 2.09. The lowest BCUT2D eigenvalue weighted by atomic mass is 10.1. The van der Waals surface area contributed by atoms with Crippen molar-refractivity contribution in [2.75, 3.05) is 0 Å². The molecular formula is C16H13F3O2. The number of ketones is 1. The molecular weight excluding hydrogens is 281 g/mol. The average molecular weight is 294 g/mol. The van der Waals surface area contributed by atoms with E-state index >= 15 is 0 Å². The molecule has 2 rings (SSSR count). The number of ether oxygens (including phenoxy) is 1. The summed E-state index contributed by atoms with van der Waals surface area (Å²) >= 11 is 0. The standard InChI is InChI=1S/C16H13F3O2/c1-11(20)14-4-2-3-5-15(14)21-10-12-6-8-13(9-7-12)16(17,18)19/h2-9H,10H2,1H3. The first kappa shape index (κ1) is 15.1. The van der Waals surface area contributed by atoms with Gasteiger partial charge in [-0.15, -0.1) is 0 Å². The molecule has 0 aliphatic heterocycles. The quantitative estimate of drug-likeness (QED) is 0.777. The summed E-state index contributed by atoms with van der Waals surface area (Å²) in [5.74, 6) is 0.294. The van der Waals surface area contributed by atoms with Crippen LogP contribution in [-0.4, -0.2) is 5.78 Å². The number of hydrogen-bond acceptors (Lipinski definition) is 2. The Morgan fingerprint density at radius 2 is 1.67 bits per heavy atom. The van der Waals surface area contributed by atoms with Gasteiger partial charge in [-0.1, -0.05) is 24.3 Å². The third-order valence-corrected chi connectivity index (χ3v) is 2.94. The Hall–Kier alpha value is -2.30. The van der Waals surface area contributed by atoms with Crippen LogP contribution >= 0.6 is 0 Å². The van der Waals surface area contributed by atoms with E-state index in [-0.39, 0.29) is 12.4 Å². The molecule has 0 fully saturated rings. The number of halogens is 3. The van der Waals surface area contributed by atoms with Gasteiger partial charge in [0, 0.05) is 0 Å². The number of carbonyl (C=O) groups excluding carboxylic acids is 1. The number of rotatable bonds is 4. The van der Waals surface area contributed by atoms with Crippen LogP contribution in [0.5, 0.6) is 5.75 Å². The fraction of sp³-hybridized carbons (Fsp3) is 0.188. The second-order valence-electron chi connectivity index (χ2n) is 4.54. The van der Waals surface area contributed by atoms with E-state index in [1.165, 1.54) is 19.1 Å². The van der Waals surface area contributed by atoms with E-state index in [0.29, 0.717) is 16.9 Å². The van der Waals surface area contributed by atoms with Gasteiger partial charge in [-0.2, -0.15) is 13.2 Å². The molecule has 2 aromatic rings. The molecule has 0 atom stereocenters. The van der Waals surface area contributed by atoms with Crippen LogP contribution in [0.4, 0.5) is 13.2 Å². The molecule has 2 aromatic carbocycles. The molecule has 0 aliphatic rings. The van der Waals surface area contributed by atoms with E-state index < -0.39 is 11.7 Å². The molecule has 0 radical (unpaired) electrons. The van der Waals surface area contributed by atoms with Gasteiger partial charge in [0.2, 0.25) is 0 Å². The SMILES string of the molecule is CC(=O)c1ccccc1OCc1ccc(C(F)(F)F)cc1. The summed E-state index contributed by atoms with van der Waals surface area (Å²) in [5.41, 5.74) is 0.348. The monoisotopic (exact) mass is 294 g/mol. The van der Waals surface area contributed by atoms with Gasteiger partial charge in [0.1, 0.15) is 12.4 Å². The van der Waals surface area contributed by atoms with E-state index in [4.69, 9.17) is 4.74 Å². The van der Waals surface area contributed by atoms with Gasteiger partial charge >= 0.3 is 6.18 Å². The molecule has 2 nitrogen and oxygen atoms in total. The first-order chi connectivity index (χ1) is 9.88. The molecule has 0 spiro atoms. The van der Waals surface area contributed by atoms with E-state index in [2.05, 4.69) is 0 Å². The third kappa shape index (κ3) is 3.84. The van der Waals surface area contributed by atoms with Gasteiger partial charge in [0.25, 0.3) is 0 Å². The number of carbonyl (C=O) groups is 1. The largest absolute Gasteiger partial charge is 0.488 e. The van der Waals surface area contributed by atoms with E-state index in [1.807, 2.05) is 0 Å². The number of hydrogen-bond donors (Lipinski definition) is 0. The summed E-state index contributed by atoms with van der Waals surface area (Å²) in [7, 11) is 0. The zero-order chi connectivity index (χ0) is 15.5. The summed E-state index contributed by atoms with van der Waals surface area (Å²) in [6.45, 7) is 1.53. The fourth-order valence-corrected chi connectivity index (χ4v) is 1.83. The maximum absolute atomic E-state index is 12.4. The summed E-state index contributed by atoms with van der Waals surface area (Å²) in [4.78, 5) is 11.4. The van der Waals surface area contributed by atoms with Crippen molar-refractivity contribution >= 4 is 5.78 Å². The van der Waals surface area contributed by atoms with E-state index in [0.717, 1.165) is 12.1 Å². The van der Waals surface area contributed by atoms with Crippen molar-refractivity contribution in [2.24, 2.45) is 0 Å². The van der Waals surface area contributed by atoms with E-state index in [9.17, 15) is 18.0 Å². The molecule has 0 saturated carbocycles. The minimum atomic E-state index is -4.35. The number of para-hydroxylation sites is 1. The first-order valence-corrected chi connectivity index (χ1v) is 6.27. The third-order valence-electron chi connectivity index (χ3n) is 2.94. The summed E-state index contributed by atoms with van der Waals surface area (Å²) in [5, 5.41) is 0. The van der Waals surface area contributed by atoms with E-state index in [1.54, 1.807) is 24.3 Å². The highest BCUT2D eigenvalue weighted by Gasteiger charge is 2.29.